The smallest absolute Gasteiger partial charge is 0.341 e. The predicted octanol–water partition coefficient (Wildman–Crippen LogP) is 2.37. The molecule has 0 unspecified atom stereocenters. The molecule has 21 heavy (non-hydrogen) atoms. The first-order valence-electron chi connectivity index (χ1n) is 5.99. The SMILES string of the molecule is COC=C(C(=O)OC)c1ccccc1-c1cc(C#N)on1. The van der Waals surface area contributed by atoms with E-state index >= 15 is 0 Å². The molecule has 2 aromatic rings. The van der Waals surface area contributed by atoms with Gasteiger partial charge in [0, 0.05) is 17.2 Å². The van der Waals surface area contributed by atoms with Gasteiger partial charge in [-0.15, -0.1) is 0 Å². The van der Waals surface area contributed by atoms with Crippen molar-refractivity contribution in [1.29, 1.82) is 5.26 Å². The molecule has 0 spiro atoms. The zero-order valence-electron chi connectivity index (χ0n) is 11.5. The van der Waals surface area contributed by atoms with Gasteiger partial charge in [0.2, 0.25) is 5.76 Å². The molecule has 1 aromatic carbocycles. The molecule has 0 radical (unpaired) electrons. The minimum absolute atomic E-state index is 0.0927. The standard InChI is InChI=1S/C15H12N2O4/c1-19-9-13(15(18)20-2)11-5-3-4-6-12(11)14-7-10(8-16)21-17-14/h3-7,9H,1-2H3. The number of esters is 1. The van der Waals surface area contributed by atoms with Crippen LogP contribution in [0.5, 0.6) is 0 Å². The first kappa shape index (κ1) is 14.3. The monoisotopic (exact) mass is 284 g/mol. The third-order valence-electron chi connectivity index (χ3n) is 2.75. The predicted molar refractivity (Wildman–Crippen MR) is 73.7 cm³/mol. The molecule has 6 nitrogen and oxygen atoms in total. The molecule has 0 bridgehead atoms. The zero-order valence-corrected chi connectivity index (χ0v) is 11.5. The van der Waals surface area contributed by atoms with Gasteiger partial charge in [0.1, 0.15) is 17.3 Å². The molecule has 0 saturated heterocycles. The first-order valence-corrected chi connectivity index (χ1v) is 5.99. The quantitative estimate of drug-likeness (QED) is 0.487. The molecule has 6 heteroatoms. The Hall–Kier alpha value is -3.07. The minimum atomic E-state index is -0.534. The highest BCUT2D eigenvalue weighted by Gasteiger charge is 2.19. The number of benzene rings is 1. The number of nitriles is 1. The van der Waals surface area contributed by atoms with E-state index in [4.69, 9.17) is 19.3 Å². The van der Waals surface area contributed by atoms with Gasteiger partial charge in [-0.05, 0) is 0 Å². The second-order valence-corrected chi connectivity index (χ2v) is 3.99. The van der Waals surface area contributed by atoms with E-state index in [-0.39, 0.29) is 11.3 Å². The van der Waals surface area contributed by atoms with Gasteiger partial charge >= 0.3 is 5.97 Å². The van der Waals surface area contributed by atoms with E-state index in [1.165, 1.54) is 26.5 Å². The minimum Gasteiger partial charge on any atom is -0.503 e. The first-order chi connectivity index (χ1) is 10.2. The summed E-state index contributed by atoms with van der Waals surface area (Å²) in [6.07, 6.45) is 1.30. The average molecular weight is 284 g/mol. The Balaban J connectivity index is 2.57. The van der Waals surface area contributed by atoms with Crippen LogP contribution in [0.4, 0.5) is 0 Å². The van der Waals surface area contributed by atoms with Gasteiger partial charge in [0.15, 0.2) is 0 Å². The summed E-state index contributed by atoms with van der Waals surface area (Å²) in [5, 5.41) is 12.6. The maximum atomic E-state index is 11.9. The van der Waals surface area contributed by atoms with Crippen molar-refractivity contribution in [3.8, 4) is 17.3 Å². The van der Waals surface area contributed by atoms with Crippen LogP contribution in [-0.2, 0) is 14.3 Å². The molecule has 0 atom stereocenters. The van der Waals surface area contributed by atoms with E-state index in [1.54, 1.807) is 24.3 Å². The fourth-order valence-electron chi connectivity index (χ4n) is 1.85. The summed E-state index contributed by atoms with van der Waals surface area (Å²) in [5.74, 6) is -0.441. The Morgan fingerprint density at radius 1 is 1.38 bits per heavy atom. The van der Waals surface area contributed by atoms with Gasteiger partial charge < -0.3 is 14.0 Å². The number of carbonyl (C=O) groups is 1. The van der Waals surface area contributed by atoms with Crippen molar-refractivity contribution in [3.05, 3.63) is 47.9 Å². The largest absolute Gasteiger partial charge is 0.503 e. The molecule has 0 saturated carbocycles. The van der Waals surface area contributed by atoms with Gasteiger partial charge in [-0.2, -0.15) is 5.26 Å². The second-order valence-electron chi connectivity index (χ2n) is 3.99. The number of nitrogens with zero attached hydrogens (tertiary/aromatic N) is 2. The zero-order chi connectivity index (χ0) is 15.2. The van der Waals surface area contributed by atoms with Crippen LogP contribution in [0.2, 0.25) is 0 Å². The lowest BCUT2D eigenvalue weighted by Crippen LogP contribution is -2.05. The summed E-state index contributed by atoms with van der Waals surface area (Å²) in [5.41, 5.74) is 1.91. The van der Waals surface area contributed by atoms with Gasteiger partial charge in [-0.1, -0.05) is 29.4 Å². The van der Waals surface area contributed by atoms with Gasteiger partial charge in [0.25, 0.3) is 0 Å². The number of aromatic nitrogens is 1. The highest BCUT2D eigenvalue weighted by Crippen LogP contribution is 2.29. The van der Waals surface area contributed by atoms with E-state index in [2.05, 4.69) is 5.16 Å². The molecule has 0 fully saturated rings. The van der Waals surface area contributed by atoms with Crippen molar-refractivity contribution in [2.45, 2.75) is 0 Å². The van der Waals surface area contributed by atoms with E-state index in [0.717, 1.165) is 0 Å². The lowest BCUT2D eigenvalue weighted by molar-refractivity contribution is -0.133. The van der Waals surface area contributed by atoms with Crippen molar-refractivity contribution in [2.75, 3.05) is 14.2 Å². The van der Waals surface area contributed by atoms with Crippen LogP contribution in [-0.4, -0.2) is 25.3 Å². The highest BCUT2D eigenvalue weighted by molar-refractivity contribution is 6.17. The molecule has 1 aromatic heterocycles. The van der Waals surface area contributed by atoms with Crippen LogP contribution in [0.1, 0.15) is 11.3 Å². The van der Waals surface area contributed by atoms with Crippen molar-refractivity contribution in [1.82, 2.24) is 5.16 Å². The molecule has 0 N–H and O–H groups in total. The maximum absolute atomic E-state index is 11.9. The molecule has 0 aliphatic heterocycles. The van der Waals surface area contributed by atoms with Gasteiger partial charge in [-0.3, -0.25) is 0 Å². The van der Waals surface area contributed by atoms with E-state index < -0.39 is 5.97 Å². The number of hydrogen-bond donors (Lipinski definition) is 0. The fourth-order valence-corrected chi connectivity index (χ4v) is 1.85. The number of hydrogen-bond acceptors (Lipinski definition) is 6. The summed E-state index contributed by atoms with van der Waals surface area (Å²) >= 11 is 0. The van der Waals surface area contributed by atoms with Crippen molar-refractivity contribution < 1.29 is 18.8 Å². The summed E-state index contributed by atoms with van der Waals surface area (Å²) in [4.78, 5) is 11.9. The summed E-state index contributed by atoms with van der Waals surface area (Å²) in [7, 11) is 2.73. The van der Waals surface area contributed by atoms with Crippen LogP contribution >= 0.6 is 0 Å². The summed E-state index contributed by atoms with van der Waals surface area (Å²) < 4.78 is 14.6. The lowest BCUT2D eigenvalue weighted by atomic mass is 9.98. The molecule has 2 rings (SSSR count). The van der Waals surface area contributed by atoms with E-state index in [1.807, 2.05) is 6.07 Å². The highest BCUT2D eigenvalue weighted by atomic mass is 16.5. The van der Waals surface area contributed by atoms with E-state index in [9.17, 15) is 4.79 Å². The third-order valence-corrected chi connectivity index (χ3v) is 2.75. The average Bonchev–Trinajstić information content (AvgIpc) is 3.01. The number of ether oxygens (including phenoxy) is 2. The molecule has 106 valence electrons. The lowest BCUT2D eigenvalue weighted by Gasteiger charge is -2.09. The number of rotatable bonds is 4. The van der Waals surface area contributed by atoms with Gasteiger partial charge in [-0.25, -0.2) is 4.79 Å². The van der Waals surface area contributed by atoms with E-state index in [0.29, 0.717) is 16.8 Å². The molecular weight excluding hydrogens is 272 g/mol. The number of methoxy groups -OCH3 is 2. The van der Waals surface area contributed by atoms with Gasteiger partial charge in [0.05, 0.1) is 20.5 Å². The summed E-state index contributed by atoms with van der Waals surface area (Å²) in [6.45, 7) is 0. The Bertz CT molecular complexity index is 725. The second kappa shape index (κ2) is 6.39. The molecule has 1 heterocycles. The Kier molecular flexibility index (Phi) is 4.36. The normalized spacial score (nSPS) is 10.8. The van der Waals surface area contributed by atoms with Crippen molar-refractivity contribution >= 4 is 11.5 Å². The maximum Gasteiger partial charge on any atom is 0.341 e. The van der Waals surface area contributed by atoms with Crippen LogP contribution in [0, 0.1) is 11.3 Å². The Morgan fingerprint density at radius 2 is 2.14 bits per heavy atom. The Morgan fingerprint density at radius 3 is 2.76 bits per heavy atom. The van der Waals surface area contributed by atoms with Crippen LogP contribution in [0.15, 0.2) is 41.1 Å². The topological polar surface area (TPSA) is 85.4 Å². The van der Waals surface area contributed by atoms with Crippen LogP contribution in [0.25, 0.3) is 16.8 Å². The molecule has 0 aliphatic rings. The molecular formula is C15H12N2O4. The fraction of sp³-hybridized carbons (Fsp3) is 0.133. The van der Waals surface area contributed by atoms with Crippen LogP contribution < -0.4 is 0 Å². The van der Waals surface area contributed by atoms with Crippen LogP contribution in [0.3, 0.4) is 0 Å². The number of carbonyl (C=O) groups excluding carboxylic acids is 1. The van der Waals surface area contributed by atoms with Crippen molar-refractivity contribution in [3.63, 3.8) is 0 Å². The summed E-state index contributed by atoms with van der Waals surface area (Å²) in [6, 6.07) is 10.4. The molecule has 0 aliphatic carbocycles. The molecule has 0 amide bonds. The third kappa shape index (κ3) is 2.92. The Labute approximate surface area is 121 Å². The van der Waals surface area contributed by atoms with Crippen molar-refractivity contribution in [2.24, 2.45) is 0 Å².